The Morgan fingerprint density at radius 1 is 1.25 bits per heavy atom. The van der Waals surface area contributed by atoms with Gasteiger partial charge in [0.05, 0.1) is 21.3 Å². The van der Waals surface area contributed by atoms with Crippen LogP contribution in [-0.2, 0) is 19.6 Å². The minimum absolute atomic E-state index is 0.0488. The van der Waals surface area contributed by atoms with Gasteiger partial charge in [0.1, 0.15) is 11.8 Å². The van der Waals surface area contributed by atoms with Gasteiger partial charge in [0, 0.05) is 12.6 Å². The van der Waals surface area contributed by atoms with Crippen molar-refractivity contribution in [2.75, 3.05) is 17.2 Å². The molecule has 1 fully saturated rings. The van der Waals surface area contributed by atoms with E-state index in [1.165, 1.54) is 10.4 Å². The molecule has 0 aliphatic carbocycles. The van der Waals surface area contributed by atoms with Crippen molar-refractivity contribution < 1.29 is 22.7 Å². The first kappa shape index (κ1) is 22.6. The number of benzene rings is 2. The molecule has 170 valence electrons. The van der Waals surface area contributed by atoms with E-state index in [4.69, 9.17) is 16.3 Å². The zero-order valence-electron chi connectivity index (χ0n) is 17.9. The molecule has 2 atom stereocenters. The Morgan fingerprint density at radius 3 is 2.72 bits per heavy atom. The van der Waals surface area contributed by atoms with Crippen molar-refractivity contribution in [1.82, 2.24) is 4.31 Å². The first-order chi connectivity index (χ1) is 15.1. The number of hydrogen-bond donors (Lipinski definition) is 2. The molecule has 0 spiro atoms. The van der Waals surface area contributed by atoms with E-state index in [0.717, 1.165) is 5.56 Å². The second kappa shape index (κ2) is 8.38. The Bertz CT molecular complexity index is 1210. The Hall–Kier alpha value is -2.62. The van der Waals surface area contributed by atoms with Crippen LogP contribution in [-0.4, -0.2) is 43.2 Å². The number of nitrogens with zero attached hydrogens (tertiary/aromatic N) is 1. The summed E-state index contributed by atoms with van der Waals surface area (Å²) in [4.78, 5) is 24.9. The second-order valence-electron chi connectivity index (χ2n) is 8.11. The van der Waals surface area contributed by atoms with Gasteiger partial charge in [-0.1, -0.05) is 17.7 Å². The topological polar surface area (TPSA) is 105 Å². The zero-order valence-corrected chi connectivity index (χ0v) is 19.5. The summed E-state index contributed by atoms with van der Waals surface area (Å²) in [7, 11) is -3.99. The molecule has 8 nitrogen and oxygen atoms in total. The number of nitrogens with one attached hydrogen (secondary N) is 2. The quantitative estimate of drug-likeness (QED) is 0.701. The first-order valence-electron chi connectivity index (χ1n) is 10.3. The summed E-state index contributed by atoms with van der Waals surface area (Å²) in [6, 6.07) is 7.39. The first-order valence-corrected chi connectivity index (χ1v) is 12.1. The Labute approximate surface area is 191 Å². The van der Waals surface area contributed by atoms with E-state index in [2.05, 4.69) is 10.6 Å². The molecule has 10 heteroatoms. The third kappa shape index (κ3) is 4.07. The molecule has 2 N–H and O–H groups in total. The van der Waals surface area contributed by atoms with Crippen LogP contribution >= 0.6 is 11.6 Å². The lowest BCUT2D eigenvalue weighted by Crippen LogP contribution is -2.43. The van der Waals surface area contributed by atoms with Crippen LogP contribution in [0.25, 0.3) is 0 Å². The molecule has 0 bridgehead atoms. The second-order valence-corrected chi connectivity index (χ2v) is 10.4. The average Bonchev–Trinajstić information content (AvgIpc) is 3.22. The molecular weight excluding hydrogens is 454 g/mol. The Morgan fingerprint density at radius 2 is 2.00 bits per heavy atom. The molecule has 2 aromatic carbocycles. The van der Waals surface area contributed by atoms with E-state index >= 15 is 0 Å². The fourth-order valence-electron chi connectivity index (χ4n) is 3.97. The fourth-order valence-corrected chi connectivity index (χ4v) is 6.14. The average molecular weight is 478 g/mol. The number of aryl methyl sites for hydroxylation is 2. The Balaban J connectivity index is 1.63. The summed E-state index contributed by atoms with van der Waals surface area (Å²) in [5, 5.41) is 5.87. The van der Waals surface area contributed by atoms with E-state index in [9.17, 15) is 18.0 Å². The third-order valence-corrected chi connectivity index (χ3v) is 8.05. The minimum Gasteiger partial charge on any atom is -0.479 e. The molecule has 2 aliphatic rings. The van der Waals surface area contributed by atoms with Gasteiger partial charge < -0.3 is 15.4 Å². The SMILES string of the molecule is Cc1ccc(NC(=O)[C@H]2CCCN2S(=O)(=O)c2cc3c(cc2C)NC(=O)[C@@H](C)O3)c(Cl)c1. The number of anilines is 2. The smallest absolute Gasteiger partial charge is 0.265 e. The summed E-state index contributed by atoms with van der Waals surface area (Å²) in [5.41, 5.74) is 2.27. The van der Waals surface area contributed by atoms with Crippen molar-refractivity contribution in [2.45, 2.75) is 50.7 Å². The zero-order chi connectivity index (χ0) is 23.2. The number of halogens is 1. The number of carbonyl (C=O) groups excluding carboxylic acids is 2. The molecule has 4 rings (SSSR count). The molecule has 32 heavy (non-hydrogen) atoms. The maximum atomic E-state index is 13.5. The number of amides is 2. The van der Waals surface area contributed by atoms with Crippen molar-refractivity contribution in [3.8, 4) is 5.75 Å². The summed E-state index contributed by atoms with van der Waals surface area (Å²) >= 11 is 6.22. The minimum atomic E-state index is -3.99. The van der Waals surface area contributed by atoms with Crippen LogP contribution in [0.4, 0.5) is 11.4 Å². The predicted octanol–water partition coefficient (Wildman–Crippen LogP) is 3.47. The predicted molar refractivity (Wildman–Crippen MR) is 122 cm³/mol. The van der Waals surface area contributed by atoms with Gasteiger partial charge in [0.25, 0.3) is 5.91 Å². The van der Waals surface area contributed by atoms with Gasteiger partial charge in [-0.2, -0.15) is 4.31 Å². The summed E-state index contributed by atoms with van der Waals surface area (Å²) in [5.74, 6) is -0.434. The number of hydrogen-bond acceptors (Lipinski definition) is 5. The summed E-state index contributed by atoms with van der Waals surface area (Å²) in [6.07, 6.45) is 0.236. The monoisotopic (exact) mass is 477 g/mol. The number of carbonyl (C=O) groups is 2. The van der Waals surface area contributed by atoms with Gasteiger partial charge in [0.15, 0.2) is 6.10 Å². The van der Waals surface area contributed by atoms with Crippen LogP contribution in [0.5, 0.6) is 5.75 Å². The number of sulfonamides is 1. The standard InChI is InChI=1S/C22H24ClN3O5S/c1-12-6-7-16(15(23)9-12)24-22(28)18-5-4-8-26(18)32(29,30)20-11-19-17(10-13(20)2)25-21(27)14(3)31-19/h6-7,9-11,14,18H,4-5,8H2,1-3H3,(H,24,28)(H,25,27)/t14-,18-/m1/s1. The van der Waals surface area contributed by atoms with Crippen LogP contribution in [0.3, 0.4) is 0 Å². The molecule has 0 saturated carbocycles. The van der Waals surface area contributed by atoms with Gasteiger partial charge in [-0.25, -0.2) is 8.42 Å². The number of ether oxygens (including phenoxy) is 1. The lowest BCUT2D eigenvalue weighted by Gasteiger charge is -2.27. The maximum Gasteiger partial charge on any atom is 0.265 e. The highest BCUT2D eigenvalue weighted by Crippen LogP contribution is 2.37. The van der Waals surface area contributed by atoms with Crippen LogP contribution in [0.15, 0.2) is 35.2 Å². The van der Waals surface area contributed by atoms with E-state index in [1.807, 2.05) is 13.0 Å². The summed E-state index contributed by atoms with van der Waals surface area (Å²) < 4.78 is 33.9. The van der Waals surface area contributed by atoms with Crippen molar-refractivity contribution in [3.05, 3.63) is 46.5 Å². The molecule has 0 radical (unpaired) electrons. The van der Waals surface area contributed by atoms with Crippen molar-refractivity contribution in [1.29, 1.82) is 0 Å². The van der Waals surface area contributed by atoms with E-state index in [1.54, 1.807) is 32.0 Å². The van der Waals surface area contributed by atoms with Crippen LogP contribution in [0.2, 0.25) is 5.02 Å². The molecular formula is C22H24ClN3O5S. The molecule has 0 unspecified atom stereocenters. The van der Waals surface area contributed by atoms with Gasteiger partial charge in [-0.05, 0) is 62.9 Å². The number of fused-ring (bicyclic) bond motifs is 1. The maximum absolute atomic E-state index is 13.5. The van der Waals surface area contributed by atoms with Crippen molar-refractivity contribution >= 4 is 44.8 Å². The van der Waals surface area contributed by atoms with Crippen molar-refractivity contribution in [3.63, 3.8) is 0 Å². The van der Waals surface area contributed by atoms with Gasteiger partial charge >= 0.3 is 0 Å². The van der Waals surface area contributed by atoms with Gasteiger partial charge in [-0.3, -0.25) is 9.59 Å². The lowest BCUT2D eigenvalue weighted by atomic mass is 10.1. The van der Waals surface area contributed by atoms with Crippen LogP contribution < -0.4 is 15.4 Å². The molecule has 0 aromatic heterocycles. The van der Waals surface area contributed by atoms with Gasteiger partial charge in [0.2, 0.25) is 15.9 Å². The highest BCUT2D eigenvalue weighted by molar-refractivity contribution is 7.89. The number of rotatable bonds is 4. The van der Waals surface area contributed by atoms with E-state index < -0.39 is 28.1 Å². The Kier molecular flexibility index (Phi) is 5.91. The highest BCUT2D eigenvalue weighted by atomic mass is 35.5. The molecule has 2 aromatic rings. The van der Waals surface area contributed by atoms with Crippen LogP contribution in [0.1, 0.15) is 30.9 Å². The molecule has 2 amide bonds. The molecule has 2 heterocycles. The fraction of sp³-hybridized carbons (Fsp3) is 0.364. The highest BCUT2D eigenvalue weighted by Gasteiger charge is 2.41. The van der Waals surface area contributed by atoms with Crippen LogP contribution in [0, 0.1) is 13.8 Å². The van der Waals surface area contributed by atoms with E-state index in [-0.39, 0.29) is 23.1 Å². The van der Waals surface area contributed by atoms with E-state index in [0.29, 0.717) is 34.8 Å². The lowest BCUT2D eigenvalue weighted by molar-refractivity contribution is -0.122. The normalized spacial score (nSPS) is 20.9. The molecule has 1 saturated heterocycles. The largest absolute Gasteiger partial charge is 0.479 e. The molecule has 2 aliphatic heterocycles. The summed E-state index contributed by atoms with van der Waals surface area (Å²) in [6.45, 7) is 5.35. The third-order valence-electron chi connectivity index (χ3n) is 5.68. The van der Waals surface area contributed by atoms with Crippen molar-refractivity contribution in [2.24, 2.45) is 0 Å². The van der Waals surface area contributed by atoms with Gasteiger partial charge in [-0.15, -0.1) is 0 Å².